The molecule has 3 aromatic carbocycles. The van der Waals surface area contributed by atoms with Gasteiger partial charge in [-0.2, -0.15) is 5.26 Å². The Hall–Kier alpha value is -4.11. The van der Waals surface area contributed by atoms with Crippen molar-refractivity contribution in [2.75, 3.05) is 11.9 Å². The first-order valence-corrected chi connectivity index (χ1v) is 9.75. The maximum atomic E-state index is 13.0. The van der Waals surface area contributed by atoms with E-state index >= 15 is 0 Å². The maximum absolute atomic E-state index is 13.0. The number of nitrogens with one attached hydrogen (secondary N) is 2. The molecule has 148 valence electrons. The summed E-state index contributed by atoms with van der Waals surface area (Å²) in [5.74, 6) is 0.848. The summed E-state index contributed by atoms with van der Waals surface area (Å²) >= 11 is 0. The number of aromatic amines is 1. The topological polar surface area (TPSA) is 84.8 Å². The minimum Gasteiger partial charge on any atom is -0.342 e. The Balaban J connectivity index is 1.49. The number of imidazole rings is 1. The quantitative estimate of drug-likeness (QED) is 0.496. The van der Waals surface area contributed by atoms with Gasteiger partial charge in [0.15, 0.2) is 0 Å². The Labute approximate surface area is 174 Å². The first-order valence-electron chi connectivity index (χ1n) is 9.75. The van der Waals surface area contributed by atoms with E-state index in [1.807, 2.05) is 54.6 Å². The van der Waals surface area contributed by atoms with E-state index in [1.54, 1.807) is 29.2 Å². The van der Waals surface area contributed by atoms with Crippen molar-refractivity contribution in [1.82, 2.24) is 14.9 Å². The molecule has 2 amide bonds. The summed E-state index contributed by atoms with van der Waals surface area (Å²) in [7, 11) is 0. The number of anilines is 1. The molecule has 1 heterocycles. The molecule has 2 N–H and O–H groups in total. The summed E-state index contributed by atoms with van der Waals surface area (Å²) in [6.07, 6.45) is 0.613. The Morgan fingerprint density at radius 3 is 2.47 bits per heavy atom. The van der Waals surface area contributed by atoms with Crippen molar-refractivity contribution in [3.05, 3.63) is 95.8 Å². The fourth-order valence-electron chi connectivity index (χ4n) is 3.25. The van der Waals surface area contributed by atoms with Crippen LogP contribution in [0.25, 0.3) is 11.0 Å². The highest BCUT2D eigenvalue weighted by atomic mass is 16.2. The van der Waals surface area contributed by atoms with E-state index in [1.165, 1.54) is 0 Å². The number of para-hydroxylation sites is 2. The van der Waals surface area contributed by atoms with Gasteiger partial charge in [0.1, 0.15) is 5.82 Å². The van der Waals surface area contributed by atoms with Gasteiger partial charge in [0.05, 0.1) is 22.7 Å². The molecule has 1 aromatic heterocycles. The first-order chi connectivity index (χ1) is 14.7. The zero-order valence-corrected chi connectivity index (χ0v) is 16.4. The molecule has 0 radical (unpaired) electrons. The SMILES string of the molecule is N#Cc1ccc(NC(=O)N(CCc2nc3ccccc3[nH]2)Cc2ccccc2)cc1. The molecule has 0 atom stereocenters. The van der Waals surface area contributed by atoms with Crippen molar-refractivity contribution in [3.8, 4) is 6.07 Å². The van der Waals surface area contributed by atoms with Gasteiger partial charge in [0.2, 0.25) is 0 Å². The van der Waals surface area contributed by atoms with Crippen LogP contribution >= 0.6 is 0 Å². The van der Waals surface area contributed by atoms with Crippen LogP contribution in [0.15, 0.2) is 78.9 Å². The number of nitriles is 1. The molecular formula is C24H21N5O. The molecule has 6 heteroatoms. The lowest BCUT2D eigenvalue weighted by molar-refractivity contribution is 0.209. The molecule has 0 aliphatic heterocycles. The number of hydrogen-bond acceptors (Lipinski definition) is 3. The molecule has 0 unspecified atom stereocenters. The lowest BCUT2D eigenvalue weighted by atomic mass is 10.2. The fourth-order valence-corrected chi connectivity index (χ4v) is 3.25. The van der Waals surface area contributed by atoms with E-state index in [0.29, 0.717) is 30.8 Å². The molecule has 0 bridgehead atoms. The molecule has 0 saturated heterocycles. The number of fused-ring (bicyclic) bond motifs is 1. The van der Waals surface area contributed by atoms with Crippen molar-refractivity contribution in [3.63, 3.8) is 0 Å². The number of benzene rings is 3. The second-order valence-corrected chi connectivity index (χ2v) is 6.98. The molecule has 30 heavy (non-hydrogen) atoms. The zero-order chi connectivity index (χ0) is 20.8. The molecule has 0 aliphatic carbocycles. The Kier molecular flexibility index (Phi) is 5.72. The predicted octanol–water partition coefficient (Wildman–Crippen LogP) is 4.71. The number of carbonyl (C=O) groups excluding carboxylic acids is 1. The average molecular weight is 395 g/mol. The summed E-state index contributed by atoms with van der Waals surface area (Å²) in [6, 6.07) is 26.5. The van der Waals surface area contributed by atoms with Crippen LogP contribution in [0, 0.1) is 11.3 Å². The summed E-state index contributed by atoms with van der Waals surface area (Å²) in [4.78, 5) is 22.7. The molecule has 0 fully saturated rings. The van der Waals surface area contributed by atoms with Crippen LogP contribution < -0.4 is 5.32 Å². The number of amides is 2. The van der Waals surface area contributed by atoms with Crippen LogP contribution in [0.5, 0.6) is 0 Å². The highest BCUT2D eigenvalue weighted by Gasteiger charge is 2.15. The van der Waals surface area contributed by atoms with E-state index < -0.39 is 0 Å². The first kappa shape index (κ1) is 19.2. The van der Waals surface area contributed by atoms with Crippen molar-refractivity contribution in [1.29, 1.82) is 5.26 Å². The second-order valence-electron chi connectivity index (χ2n) is 6.98. The highest BCUT2D eigenvalue weighted by Crippen LogP contribution is 2.14. The van der Waals surface area contributed by atoms with Crippen molar-refractivity contribution in [2.24, 2.45) is 0 Å². The van der Waals surface area contributed by atoms with Gasteiger partial charge in [-0.1, -0.05) is 42.5 Å². The van der Waals surface area contributed by atoms with E-state index in [2.05, 4.69) is 21.4 Å². The lowest BCUT2D eigenvalue weighted by Gasteiger charge is -2.23. The molecular weight excluding hydrogens is 374 g/mol. The monoisotopic (exact) mass is 395 g/mol. The summed E-state index contributed by atoms with van der Waals surface area (Å²) in [6.45, 7) is 1.00. The third-order valence-electron chi connectivity index (χ3n) is 4.83. The van der Waals surface area contributed by atoms with Crippen LogP contribution in [0.3, 0.4) is 0 Å². The third-order valence-corrected chi connectivity index (χ3v) is 4.83. The smallest absolute Gasteiger partial charge is 0.322 e. The minimum absolute atomic E-state index is 0.195. The van der Waals surface area contributed by atoms with Gasteiger partial charge < -0.3 is 15.2 Å². The Bertz CT molecular complexity index is 1140. The van der Waals surface area contributed by atoms with Crippen LogP contribution in [0.2, 0.25) is 0 Å². The largest absolute Gasteiger partial charge is 0.342 e. The molecule has 6 nitrogen and oxygen atoms in total. The van der Waals surface area contributed by atoms with Gasteiger partial charge in [0, 0.05) is 25.2 Å². The standard InChI is InChI=1S/C24H21N5O/c25-16-18-10-12-20(13-11-18)26-24(30)29(17-19-6-2-1-3-7-19)15-14-23-27-21-8-4-5-9-22(21)28-23/h1-13H,14-15,17H2,(H,26,30)(H,27,28). The number of urea groups is 1. The van der Waals surface area contributed by atoms with Crippen molar-refractivity contribution in [2.45, 2.75) is 13.0 Å². The third kappa shape index (κ3) is 4.65. The van der Waals surface area contributed by atoms with Crippen molar-refractivity contribution >= 4 is 22.8 Å². The zero-order valence-electron chi connectivity index (χ0n) is 16.4. The van der Waals surface area contributed by atoms with E-state index in [-0.39, 0.29) is 6.03 Å². The van der Waals surface area contributed by atoms with E-state index in [0.717, 1.165) is 22.4 Å². The van der Waals surface area contributed by atoms with Crippen LogP contribution in [-0.4, -0.2) is 27.4 Å². The summed E-state index contributed by atoms with van der Waals surface area (Å²) in [5.41, 5.74) is 4.17. The highest BCUT2D eigenvalue weighted by molar-refractivity contribution is 5.89. The molecule has 0 saturated carbocycles. The van der Waals surface area contributed by atoms with Gasteiger partial charge in [0.25, 0.3) is 0 Å². The summed E-state index contributed by atoms with van der Waals surface area (Å²) < 4.78 is 0. The average Bonchev–Trinajstić information content (AvgIpc) is 3.21. The number of rotatable bonds is 6. The van der Waals surface area contributed by atoms with E-state index in [9.17, 15) is 4.79 Å². The van der Waals surface area contributed by atoms with Crippen LogP contribution in [0.4, 0.5) is 10.5 Å². The molecule has 4 rings (SSSR count). The molecule has 0 spiro atoms. The number of nitrogens with zero attached hydrogens (tertiary/aromatic N) is 3. The summed E-state index contributed by atoms with van der Waals surface area (Å²) in [5, 5.41) is 11.9. The van der Waals surface area contributed by atoms with Gasteiger partial charge in [-0.05, 0) is 42.0 Å². The maximum Gasteiger partial charge on any atom is 0.322 e. The predicted molar refractivity (Wildman–Crippen MR) is 117 cm³/mol. The number of carbonyl (C=O) groups is 1. The van der Waals surface area contributed by atoms with Gasteiger partial charge in [-0.3, -0.25) is 0 Å². The van der Waals surface area contributed by atoms with E-state index in [4.69, 9.17) is 5.26 Å². The molecule has 4 aromatic rings. The Morgan fingerprint density at radius 2 is 1.73 bits per heavy atom. The van der Waals surface area contributed by atoms with Crippen LogP contribution in [-0.2, 0) is 13.0 Å². The normalized spacial score (nSPS) is 10.5. The number of H-pyrrole nitrogens is 1. The molecule has 0 aliphatic rings. The van der Waals surface area contributed by atoms with Crippen molar-refractivity contribution < 1.29 is 4.79 Å². The lowest BCUT2D eigenvalue weighted by Crippen LogP contribution is -2.36. The van der Waals surface area contributed by atoms with Gasteiger partial charge in [-0.25, -0.2) is 9.78 Å². The van der Waals surface area contributed by atoms with Gasteiger partial charge in [-0.15, -0.1) is 0 Å². The number of hydrogen-bond donors (Lipinski definition) is 2. The fraction of sp³-hybridized carbons (Fsp3) is 0.125. The van der Waals surface area contributed by atoms with Crippen LogP contribution in [0.1, 0.15) is 17.0 Å². The minimum atomic E-state index is -0.195. The second kappa shape index (κ2) is 8.93. The Morgan fingerprint density at radius 1 is 1.00 bits per heavy atom. The number of aromatic nitrogens is 2. The van der Waals surface area contributed by atoms with Gasteiger partial charge >= 0.3 is 6.03 Å².